The van der Waals surface area contributed by atoms with Crippen LogP contribution in [-0.2, 0) is 19.1 Å². The maximum absolute atomic E-state index is 12.8. The van der Waals surface area contributed by atoms with Gasteiger partial charge >= 0.3 is 6.09 Å². The van der Waals surface area contributed by atoms with Gasteiger partial charge in [0.1, 0.15) is 23.7 Å². The molecule has 4 amide bonds. The summed E-state index contributed by atoms with van der Waals surface area (Å²) in [5.74, 6) is -1.64. The molecule has 0 aromatic heterocycles. The van der Waals surface area contributed by atoms with E-state index < -0.39 is 47.5 Å². The van der Waals surface area contributed by atoms with E-state index in [4.69, 9.17) is 9.94 Å². The van der Waals surface area contributed by atoms with Crippen LogP contribution in [0, 0.1) is 5.92 Å². The van der Waals surface area contributed by atoms with Crippen LogP contribution in [-0.4, -0.2) is 64.2 Å². The molecule has 1 rings (SSSR count). The van der Waals surface area contributed by atoms with Gasteiger partial charge in [0.25, 0.3) is 5.91 Å². The molecule has 29 heavy (non-hydrogen) atoms. The second-order valence-corrected chi connectivity index (χ2v) is 8.73. The van der Waals surface area contributed by atoms with Crippen molar-refractivity contribution in [2.75, 3.05) is 6.54 Å². The molecule has 4 N–H and O–H groups in total. The Balaban J connectivity index is 2.84. The average Bonchev–Trinajstić information content (AvgIpc) is 3.08. The van der Waals surface area contributed by atoms with Crippen LogP contribution in [0.25, 0.3) is 0 Å². The Kier molecular flexibility index (Phi) is 8.87. The number of nitrogens with one attached hydrogen (secondary N) is 3. The Morgan fingerprint density at radius 3 is 2.24 bits per heavy atom. The lowest BCUT2D eigenvalue weighted by Gasteiger charge is -2.29. The highest BCUT2D eigenvalue weighted by atomic mass is 16.6. The number of likely N-dealkylation sites (tertiary alicyclic amines) is 1. The molecular weight excluding hydrogens is 380 g/mol. The summed E-state index contributed by atoms with van der Waals surface area (Å²) in [5, 5.41) is 13.9. The molecular formula is C19H34N4O6. The van der Waals surface area contributed by atoms with Crippen LogP contribution in [0.3, 0.4) is 0 Å². The fraction of sp³-hybridized carbons (Fsp3) is 0.789. The maximum Gasteiger partial charge on any atom is 0.410 e. The molecule has 0 aromatic rings. The molecule has 1 heterocycles. The number of carbonyl (C=O) groups excluding carboxylic acids is 4. The number of hydrogen-bond donors (Lipinski definition) is 4. The number of hydroxylamine groups is 1. The monoisotopic (exact) mass is 414 g/mol. The Labute approximate surface area is 171 Å². The van der Waals surface area contributed by atoms with E-state index in [0.717, 1.165) is 0 Å². The third kappa shape index (κ3) is 7.88. The topological polar surface area (TPSA) is 137 Å². The molecule has 0 spiro atoms. The van der Waals surface area contributed by atoms with Crippen molar-refractivity contribution in [3.8, 4) is 0 Å². The fourth-order valence-corrected chi connectivity index (χ4v) is 3.03. The van der Waals surface area contributed by atoms with Crippen molar-refractivity contribution in [2.45, 2.75) is 84.5 Å². The van der Waals surface area contributed by atoms with Gasteiger partial charge in [0.05, 0.1) is 0 Å². The van der Waals surface area contributed by atoms with Crippen LogP contribution < -0.4 is 16.1 Å². The van der Waals surface area contributed by atoms with Crippen molar-refractivity contribution in [1.29, 1.82) is 0 Å². The SMILES string of the molecule is CC(C)C[C@H](NC(=O)[C@@H]1CCCN1C(=O)OC(C)(C)C)C(=O)N[C@@H](C)C(=O)NO. The summed E-state index contributed by atoms with van der Waals surface area (Å²) in [4.78, 5) is 50.6. The van der Waals surface area contributed by atoms with Gasteiger partial charge in [0.15, 0.2) is 0 Å². The van der Waals surface area contributed by atoms with Crippen LogP contribution >= 0.6 is 0 Å². The van der Waals surface area contributed by atoms with Crippen molar-refractivity contribution in [2.24, 2.45) is 5.92 Å². The zero-order valence-corrected chi connectivity index (χ0v) is 18.1. The standard InChI is InChI=1S/C19H34N4O6/c1-11(2)10-13(16(25)20-12(3)15(24)22-28)21-17(26)14-8-7-9-23(14)18(27)29-19(4,5)6/h11-14,28H,7-10H2,1-6H3,(H,20,25)(H,21,26)(H,22,24)/t12-,13-,14-/m0/s1. The van der Waals surface area contributed by atoms with Gasteiger partial charge in [-0.05, 0) is 52.9 Å². The second-order valence-electron chi connectivity index (χ2n) is 8.73. The molecule has 1 fully saturated rings. The first-order valence-corrected chi connectivity index (χ1v) is 9.90. The quantitative estimate of drug-likeness (QED) is 0.361. The molecule has 0 radical (unpaired) electrons. The molecule has 0 bridgehead atoms. The largest absolute Gasteiger partial charge is 0.444 e. The Morgan fingerprint density at radius 1 is 1.10 bits per heavy atom. The van der Waals surface area contributed by atoms with E-state index in [1.54, 1.807) is 20.8 Å². The summed E-state index contributed by atoms with van der Waals surface area (Å²) < 4.78 is 5.37. The van der Waals surface area contributed by atoms with Crippen molar-refractivity contribution in [3.63, 3.8) is 0 Å². The summed E-state index contributed by atoms with van der Waals surface area (Å²) in [6.45, 7) is 10.9. The number of ether oxygens (including phenoxy) is 1. The average molecular weight is 415 g/mol. The van der Waals surface area contributed by atoms with E-state index >= 15 is 0 Å². The third-order valence-electron chi connectivity index (χ3n) is 4.39. The number of hydrogen-bond acceptors (Lipinski definition) is 6. The van der Waals surface area contributed by atoms with Gasteiger partial charge in [-0.1, -0.05) is 13.8 Å². The van der Waals surface area contributed by atoms with Gasteiger partial charge in [0, 0.05) is 6.54 Å². The van der Waals surface area contributed by atoms with Crippen LogP contribution in [0.5, 0.6) is 0 Å². The second kappa shape index (κ2) is 10.4. The molecule has 1 aliphatic heterocycles. The van der Waals surface area contributed by atoms with Crippen LogP contribution in [0.2, 0.25) is 0 Å². The zero-order chi connectivity index (χ0) is 22.4. The van der Waals surface area contributed by atoms with Gasteiger partial charge < -0.3 is 15.4 Å². The van der Waals surface area contributed by atoms with E-state index in [0.29, 0.717) is 25.8 Å². The Hall–Kier alpha value is -2.36. The molecule has 10 heteroatoms. The first-order chi connectivity index (χ1) is 13.4. The predicted octanol–water partition coefficient (Wildman–Crippen LogP) is 0.927. The summed E-state index contributed by atoms with van der Waals surface area (Å²) in [6.07, 6.45) is 0.925. The minimum Gasteiger partial charge on any atom is -0.444 e. The Bertz CT molecular complexity index is 616. The molecule has 1 aliphatic rings. The van der Waals surface area contributed by atoms with Gasteiger partial charge in [0.2, 0.25) is 11.8 Å². The summed E-state index contributed by atoms with van der Waals surface area (Å²) >= 11 is 0. The van der Waals surface area contributed by atoms with Crippen LogP contribution in [0.1, 0.15) is 60.8 Å². The van der Waals surface area contributed by atoms with E-state index in [1.165, 1.54) is 17.3 Å². The smallest absolute Gasteiger partial charge is 0.410 e. The first-order valence-electron chi connectivity index (χ1n) is 9.90. The lowest BCUT2D eigenvalue weighted by atomic mass is 10.0. The van der Waals surface area contributed by atoms with Crippen molar-refractivity contribution < 1.29 is 29.1 Å². The lowest BCUT2D eigenvalue weighted by Crippen LogP contribution is -2.56. The normalized spacial score (nSPS) is 18.8. The number of nitrogens with zero attached hydrogens (tertiary/aromatic N) is 1. The van der Waals surface area contributed by atoms with Gasteiger partial charge in [-0.15, -0.1) is 0 Å². The van der Waals surface area contributed by atoms with Gasteiger partial charge in [-0.3, -0.25) is 24.5 Å². The molecule has 10 nitrogen and oxygen atoms in total. The first kappa shape index (κ1) is 24.7. The van der Waals surface area contributed by atoms with E-state index in [-0.39, 0.29) is 5.92 Å². The summed E-state index contributed by atoms with van der Waals surface area (Å²) in [6, 6.07) is -2.56. The molecule has 3 atom stereocenters. The van der Waals surface area contributed by atoms with Crippen molar-refractivity contribution >= 4 is 23.8 Å². The number of rotatable bonds is 7. The number of carbonyl (C=O) groups is 4. The lowest BCUT2D eigenvalue weighted by molar-refractivity contribution is -0.136. The maximum atomic E-state index is 12.8. The van der Waals surface area contributed by atoms with Gasteiger partial charge in [-0.2, -0.15) is 0 Å². The number of amides is 4. The molecule has 166 valence electrons. The molecule has 0 aliphatic carbocycles. The Morgan fingerprint density at radius 2 is 1.72 bits per heavy atom. The van der Waals surface area contributed by atoms with E-state index in [2.05, 4.69) is 10.6 Å². The van der Waals surface area contributed by atoms with Gasteiger partial charge in [-0.25, -0.2) is 10.3 Å². The molecule has 1 saturated heterocycles. The van der Waals surface area contributed by atoms with Crippen LogP contribution in [0.4, 0.5) is 4.79 Å². The van der Waals surface area contributed by atoms with E-state index in [1.807, 2.05) is 13.8 Å². The highest BCUT2D eigenvalue weighted by Crippen LogP contribution is 2.21. The molecule has 0 unspecified atom stereocenters. The van der Waals surface area contributed by atoms with Crippen molar-refractivity contribution in [1.82, 2.24) is 21.0 Å². The summed E-state index contributed by atoms with van der Waals surface area (Å²) in [5.41, 5.74) is 0.797. The van der Waals surface area contributed by atoms with E-state index in [9.17, 15) is 19.2 Å². The third-order valence-corrected chi connectivity index (χ3v) is 4.39. The highest BCUT2D eigenvalue weighted by Gasteiger charge is 2.38. The zero-order valence-electron chi connectivity index (χ0n) is 18.1. The summed E-state index contributed by atoms with van der Waals surface area (Å²) in [7, 11) is 0. The molecule has 0 saturated carbocycles. The minimum absolute atomic E-state index is 0.0959. The van der Waals surface area contributed by atoms with Crippen LogP contribution in [0.15, 0.2) is 0 Å². The van der Waals surface area contributed by atoms with Crippen molar-refractivity contribution in [3.05, 3.63) is 0 Å². The molecule has 0 aromatic carbocycles. The highest BCUT2D eigenvalue weighted by molar-refractivity contribution is 5.93. The predicted molar refractivity (Wildman–Crippen MR) is 105 cm³/mol. The fourth-order valence-electron chi connectivity index (χ4n) is 3.03. The minimum atomic E-state index is -0.969.